The molecule has 3 heteroatoms. The summed E-state index contributed by atoms with van der Waals surface area (Å²) in [5, 5.41) is 8.38. The zero-order valence-corrected chi connectivity index (χ0v) is 7.05. The van der Waals surface area contributed by atoms with Crippen LogP contribution in [0.25, 0.3) is 0 Å². The van der Waals surface area contributed by atoms with Crippen molar-refractivity contribution < 1.29 is 9.90 Å². The van der Waals surface area contributed by atoms with Gasteiger partial charge in [-0.05, 0) is 0 Å². The molecule has 0 saturated heterocycles. The molecule has 0 aliphatic rings. The van der Waals surface area contributed by atoms with Crippen LogP contribution < -0.4 is 0 Å². The van der Waals surface area contributed by atoms with Crippen molar-refractivity contribution in [2.24, 2.45) is 0 Å². The van der Waals surface area contributed by atoms with E-state index < -0.39 is 19.9 Å². The molecule has 0 spiro atoms. The number of rotatable bonds is 2. The third-order valence-corrected chi connectivity index (χ3v) is 4.45. The second kappa shape index (κ2) is 3.10. The van der Waals surface area contributed by atoms with Gasteiger partial charge in [-0.15, -0.1) is 0 Å². The Morgan fingerprint density at radius 2 is 2.00 bits per heavy atom. The van der Waals surface area contributed by atoms with Crippen molar-refractivity contribution in [3.8, 4) is 0 Å². The summed E-state index contributed by atoms with van der Waals surface area (Å²) in [6.07, 6.45) is 0. The Hall–Kier alpha value is -0.0105. The van der Waals surface area contributed by atoms with E-state index >= 15 is 0 Å². The van der Waals surface area contributed by atoms with E-state index in [1.807, 2.05) is 11.6 Å². The zero-order chi connectivity index (χ0) is 6.73. The number of hydrogen-bond acceptors (Lipinski definition) is 1. The zero-order valence-electron chi connectivity index (χ0n) is 5.34. The topological polar surface area (TPSA) is 37.3 Å². The fourth-order valence-corrected chi connectivity index (χ4v) is 1.05. The van der Waals surface area contributed by atoms with E-state index in [4.69, 9.17) is 5.11 Å². The van der Waals surface area contributed by atoms with Crippen LogP contribution in [0.1, 0.15) is 6.92 Å². The van der Waals surface area contributed by atoms with E-state index in [1.54, 1.807) is 6.92 Å². The van der Waals surface area contributed by atoms with Gasteiger partial charge in [-0.25, -0.2) is 0 Å². The van der Waals surface area contributed by atoms with E-state index in [1.165, 1.54) is 0 Å². The van der Waals surface area contributed by atoms with Gasteiger partial charge in [0.05, 0.1) is 0 Å². The Morgan fingerprint density at radius 1 is 1.62 bits per heavy atom. The van der Waals surface area contributed by atoms with E-state index in [0.29, 0.717) is 0 Å². The fourth-order valence-electron chi connectivity index (χ4n) is 0.202. The van der Waals surface area contributed by atoms with Crippen molar-refractivity contribution in [1.82, 2.24) is 0 Å². The van der Waals surface area contributed by atoms with E-state index in [-0.39, 0.29) is 4.82 Å². The quantitative estimate of drug-likeness (QED) is 0.652. The average molecular weight is 182 g/mol. The molecule has 0 heterocycles. The van der Waals surface area contributed by atoms with Crippen molar-refractivity contribution >= 4 is 19.9 Å². The van der Waals surface area contributed by atoms with Gasteiger partial charge in [0.1, 0.15) is 0 Å². The third kappa shape index (κ3) is 2.34. The first-order valence-corrected chi connectivity index (χ1v) is 6.76. The average Bonchev–Trinajstić information content (AvgIpc) is 1.64. The van der Waals surface area contributed by atoms with Gasteiger partial charge in [0, 0.05) is 0 Å². The van der Waals surface area contributed by atoms with Gasteiger partial charge >= 0.3 is 53.2 Å². The summed E-state index contributed by atoms with van der Waals surface area (Å²) in [4.78, 5) is 10.1. The molecule has 0 fully saturated rings. The molecule has 48 valence electrons. The normalized spacial score (nSPS) is 14.0. The van der Waals surface area contributed by atoms with Gasteiger partial charge in [-0.3, -0.25) is 0 Å². The SMILES string of the molecule is CC(C(=O)O)[Se+](C)C. The molecule has 8 heavy (non-hydrogen) atoms. The molecule has 1 N–H and O–H groups in total. The third-order valence-electron chi connectivity index (χ3n) is 1.05. The minimum atomic E-state index is -0.806. The molecule has 1 unspecified atom stereocenters. The van der Waals surface area contributed by atoms with Gasteiger partial charge in [-0.2, -0.15) is 0 Å². The van der Waals surface area contributed by atoms with Crippen LogP contribution in [0.15, 0.2) is 0 Å². The van der Waals surface area contributed by atoms with Gasteiger partial charge in [-0.1, -0.05) is 0 Å². The first kappa shape index (κ1) is 7.99. The molecular formula is C5H11O2Se+. The fraction of sp³-hybridized carbons (Fsp3) is 0.800. The first-order chi connectivity index (χ1) is 3.55. The Kier molecular flexibility index (Phi) is 3.10. The maximum absolute atomic E-state index is 10.2. The molecule has 1 atom stereocenters. The van der Waals surface area contributed by atoms with E-state index in [0.717, 1.165) is 0 Å². The van der Waals surface area contributed by atoms with Crippen LogP contribution >= 0.6 is 0 Å². The van der Waals surface area contributed by atoms with Crippen LogP contribution in [-0.2, 0) is 4.79 Å². The van der Waals surface area contributed by atoms with Crippen LogP contribution in [0.3, 0.4) is 0 Å². The summed E-state index contributed by atoms with van der Waals surface area (Å²) in [6.45, 7) is 1.77. The molecular weight excluding hydrogens is 171 g/mol. The van der Waals surface area contributed by atoms with E-state index in [2.05, 4.69) is 0 Å². The molecule has 0 saturated carbocycles. The van der Waals surface area contributed by atoms with Crippen LogP contribution in [0.5, 0.6) is 0 Å². The summed E-state index contributed by atoms with van der Waals surface area (Å²) in [5.41, 5.74) is 0. The molecule has 0 aromatic rings. The molecule has 0 amide bonds. The second-order valence-corrected chi connectivity index (χ2v) is 7.03. The summed E-state index contributed by atoms with van der Waals surface area (Å²) in [7, 11) is 0. The van der Waals surface area contributed by atoms with Crippen LogP contribution in [0.4, 0.5) is 0 Å². The Bertz CT molecular complexity index is 90.4. The molecule has 0 aliphatic heterocycles. The number of carboxylic acid groups (broad SMARTS) is 1. The summed E-state index contributed by atoms with van der Waals surface area (Å²) < 4.78 is 0. The molecule has 0 rings (SSSR count). The van der Waals surface area contributed by atoms with Crippen molar-refractivity contribution in [1.29, 1.82) is 0 Å². The van der Waals surface area contributed by atoms with Gasteiger partial charge in [0.2, 0.25) is 0 Å². The molecule has 0 aliphatic carbocycles. The summed E-state index contributed by atoms with van der Waals surface area (Å²) >= 11 is -0.806. The van der Waals surface area contributed by atoms with Gasteiger partial charge < -0.3 is 0 Å². The minimum absolute atomic E-state index is 0.0880. The van der Waals surface area contributed by atoms with Gasteiger partial charge in [0.25, 0.3) is 0 Å². The second-order valence-electron chi connectivity index (χ2n) is 1.86. The molecule has 0 aromatic heterocycles. The van der Waals surface area contributed by atoms with Gasteiger partial charge in [0.15, 0.2) is 0 Å². The Labute approximate surface area is 53.8 Å². The van der Waals surface area contributed by atoms with E-state index in [9.17, 15) is 4.79 Å². The number of carboxylic acids is 1. The van der Waals surface area contributed by atoms with Crippen LogP contribution in [-0.4, -0.2) is 25.0 Å². The summed E-state index contributed by atoms with van der Waals surface area (Å²) in [5.74, 6) is 3.40. The van der Waals surface area contributed by atoms with Crippen molar-refractivity contribution in [3.05, 3.63) is 0 Å². The molecule has 0 radical (unpaired) electrons. The predicted octanol–water partition coefficient (Wildman–Crippen LogP) is 1.22. The Morgan fingerprint density at radius 3 is 2.00 bits per heavy atom. The predicted molar refractivity (Wildman–Crippen MR) is 34.5 cm³/mol. The number of hydrogen-bond donors (Lipinski definition) is 1. The Balaban J connectivity index is 3.64. The van der Waals surface area contributed by atoms with Crippen LogP contribution in [0, 0.1) is 0 Å². The number of aliphatic carboxylic acids is 1. The summed E-state index contributed by atoms with van der Waals surface area (Å²) in [6, 6.07) is 0. The standard InChI is InChI=1S/C5H10O2Se/c1-4(5(6)7)8(2)3/h4H,1-3H3/p+1. The molecule has 0 aromatic carbocycles. The van der Waals surface area contributed by atoms with Crippen LogP contribution in [0.2, 0.25) is 16.5 Å². The monoisotopic (exact) mass is 183 g/mol. The molecule has 2 nitrogen and oxygen atoms in total. The maximum atomic E-state index is 10.2. The van der Waals surface area contributed by atoms with Crippen molar-refractivity contribution in [3.63, 3.8) is 0 Å². The molecule has 0 bridgehead atoms. The van der Waals surface area contributed by atoms with Crippen molar-refractivity contribution in [2.45, 2.75) is 23.4 Å². The first-order valence-electron chi connectivity index (χ1n) is 2.35. The van der Waals surface area contributed by atoms with Crippen molar-refractivity contribution in [2.75, 3.05) is 0 Å². The number of carbonyl (C=O) groups is 1.